The van der Waals surface area contributed by atoms with Crippen LogP contribution in [0.15, 0.2) is 36.5 Å². The van der Waals surface area contributed by atoms with Crippen molar-refractivity contribution < 1.29 is 14.3 Å². The van der Waals surface area contributed by atoms with E-state index in [1.54, 1.807) is 0 Å². The van der Waals surface area contributed by atoms with E-state index in [-0.39, 0.29) is 35.3 Å². The Kier molecular flexibility index (Phi) is 6.28. The Labute approximate surface area is 215 Å². The molecule has 2 heterocycles. The summed E-state index contributed by atoms with van der Waals surface area (Å²) in [7, 11) is 0. The van der Waals surface area contributed by atoms with E-state index >= 15 is 0 Å². The third-order valence-electron chi connectivity index (χ3n) is 7.54. The van der Waals surface area contributed by atoms with Crippen LogP contribution in [0.3, 0.4) is 0 Å². The van der Waals surface area contributed by atoms with Crippen LogP contribution in [-0.4, -0.2) is 40.7 Å². The summed E-state index contributed by atoms with van der Waals surface area (Å²) in [6, 6.07) is 5.84. The summed E-state index contributed by atoms with van der Waals surface area (Å²) in [5, 5.41) is 6.96. The molecule has 1 fully saturated rings. The number of benzene rings is 1. The summed E-state index contributed by atoms with van der Waals surface area (Å²) in [5.41, 5.74) is 8.01. The van der Waals surface area contributed by atoms with E-state index in [0.717, 1.165) is 29.8 Å². The van der Waals surface area contributed by atoms with Gasteiger partial charge < -0.3 is 26.0 Å². The minimum atomic E-state index is -0.796. The molecule has 4 N–H and O–H groups in total. The number of primary amides is 1. The Hall–Kier alpha value is -3.33. The maximum Gasteiger partial charge on any atom is 0.404 e. The number of rotatable bonds is 6. The molecule has 2 aliphatic carbocycles. The van der Waals surface area contributed by atoms with Crippen LogP contribution < -0.4 is 21.3 Å². The SMILES string of the molecule is CCN1C(=O)CCC(C)(C)c2ccc(Nc3ncc(Cl)c(N[C@H]4[C@@H](OC(N)=O)[C@@H]5C=C[C@H]4C5)n3)cc21. The second-order valence-corrected chi connectivity index (χ2v) is 10.7. The van der Waals surface area contributed by atoms with Gasteiger partial charge in [0.1, 0.15) is 11.1 Å². The Balaban J connectivity index is 1.40. The first-order chi connectivity index (χ1) is 17.2. The Morgan fingerprint density at radius 3 is 2.83 bits per heavy atom. The minimum absolute atomic E-state index is 0.111. The lowest BCUT2D eigenvalue weighted by Crippen LogP contribution is -2.41. The van der Waals surface area contributed by atoms with Gasteiger partial charge in [0.05, 0.1) is 12.2 Å². The molecule has 5 rings (SSSR count). The lowest BCUT2D eigenvalue weighted by Gasteiger charge is -2.29. The molecule has 10 heteroatoms. The number of carbonyl (C=O) groups excluding carboxylic acids is 2. The quantitative estimate of drug-likeness (QED) is 0.479. The standard InChI is InChI=1S/C26H31ClN6O3/c1-4-33-19-12-16(7-8-17(19)26(2,3)10-9-20(33)34)30-25-29-13-18(27)23(32-25)31-21-14-5-6-15(11-14)22(21)36-24(28)35/h5-8,12-15,21-22H,4,9-11H2,1-3H3,(H2,28,35)(H2,29,30,31,32)/t14-,15+,21+,22-/m0/s1. The van der Waals surface area contributed by atoms with Gasteiger partial charge in [-0.15, -0.1) is 0 Å². The van der Waals surface area contributed by atoms with Crippen LogP contribution in [0.5, 0.6) is 0 Å². The molecular weight excluding hydrogens is 480 g/mol. The fourth-order valence-electron chi connectivity index (χ4n) is 5.65. The third-order valence-corrected chi connectivity index (χ3v) is 7.82. The van der Waals surface area contributed by atoms with Crippen molar-refractivity contribution in [2.75, 3.05) is 22.1 Å². The van der Waals surface area contributed by atoms with E-state index in [1.165, 1.54) is 6.20 Å². The highest BCUT2D eigenvalue weighted by molar-refractivity contribution is 6.32. The molecule has 2 bridgehead atoms. The van der Waals surface area contributed by atoms with Crippen LogP contribution in [0.4, 0.5) is 27.9 Å². The highest BCUT2D eigenvalue weighted by Crippen LogP contribution is 2.43. The second-order valence-electron chi connectivity index (χ2n) is 10.3. The molecule has 2 amide bonds. The predicted molar refractivity (Wildman–Crippen MR) is 140 cm³/mol. The van der Waals surface area contributed by atoms with Gasteiger partial charge in [0.15, 0.2) is 5.82 Å². The lowest BCUT2D eigenvalue weighted by atomic mass is 9.80. The second kappa shape index (κ2) is 9.28. The maximum atomic E-state index is 12.8. The van der Waals surface area contributed by atoms with Crippen LogP contribution in [0.25, 0.3) is 0 Å². The lowest BCUT2D eigenvalue weighted by molar-refractivity contribution is -0.118. The molecule has 190 valence electrons. The van der Waals surface area contributed by atoms with Gasteiger partial charge in [-0.05, 0) is 42.9 Å². The fourth-order valence-corrected chi connectivity index (χ4v) is 5.80. The van der Waals surface area contributed by atoms with E-state index in [9.17, 15) is 9.59 Å². The van der Waals surface area contributed by atoms with E-state index in [2.05, 4.69) is 52.7 Å². The number of hydrogen-bond acceptors (Lipinski definition) is 7. The number of amides is 2. The molecule has 1 aromatic carbocycles. The summed E-state index contributed by atoms with van der Waals surface area (Å²) in [5.74, 6) is 1.23. The van der Waals surface area contributed by atoms with Gasteiger partial charge in [0.2, 0.25) is 11.9 Å². The van der Waals surface area contributed by atoms with Crippen molar-refractivity contribution in [1.82, 2.24) is 9.97 Å². The third kappa shape index (κ3) is 4.48. The molecule has 9 nitrogen and oxygen atoms in total. The maximum absolute atomic E-state index is 12.8. The molecule has 0 saturated heterocycles. The van der Waals surface area contributed by atoms with Crippen molar-refractivity contribution >= 4 is 46.7 Å². The largest absolute Gasteiger partial charge is 0.444 e. The molecule has 3 aliphatic rings. The highest BCUT2D eigenvalue weighted by atomic mass is 35.5. The van der Waals surface area contributed by atoms with E-state index in [4.69, 9.17) is 22.1 Å². The number of nitrogens with one attached hydrogen (secondary N) is 2. The molecular formula is C26H31ClN6O3. The van der Waals surface area contributed by atoms with Gasteiger partial charge in [-0.1, -0.05) is 43.7 Å². The summed E-state index contributed by atoms with van der Waals surface area (Å²) in [6.45, 7) is 6.93. The Morgan fingerprint density at radius 2 is 2.08 bits per heavy atom. The van der Waals surface area contributed by atoms with Crippen molar-refractivity contribution in [3.8, 4) is 0 Å². The Morgan fingerprint density at radius 1 is 1.31 bits per heavy atom. The number of ether oxygens (including phenoxy) is 1. The molecule has 0 radical (unpaired) electrons. The van der Waals surface area contributed by atoms with Crippen LogP contribution in [0, 0.1) is 11.8 Å². The van der Waals surface area contributed by atoms with Crippen molar-refractivity contribution in [2.24, 2.45) is 17.6 Å². The van der Waals surface area contributed by atoms with Crippen molar-refractivity contribution in [2.45, 2.75) is 57.6 Å². The molecule has 1 aliphatic heterocycles. The first-order valence-corrected chi connectivity index (χ1v) is 12.7. The van der Waals surface area contributed by atoms with Crippen LogP contribution in [0.1, 0.15) is 45.6 Å². The Bertz CT molecular complexity index is 1230. The zero-order valence-electron chi connectivity index (χ0n) is 20.6. The van der Waals surface area contributed by atoms with Gasteiger partial charge in [-0.25, -0.2) is 9.78 Å². The van der Waals surface area contributed by atoms with E-state index in [0.29, 0.717) is 29.8 Å². The number of carbonyl (C=O) groups is 2. The fraction of sp³-hybridized carbons (Fsp3) is 0.462. The molecule has 0 spiro atoms. The number of anilines is 4. The molecule has 36 heavy (non-hydrogen) atoms. The first kappa shape index (κ1) is 24.4. The van der Waals surface area contributed by atoms with E-state index < -0.39 is 6.09 Å². The van der Waals surface area contributed by atoms with Gasteiger partial charge in [0, 0.05) is 36.2 Å². The number of fused-ring (bicyclic) bond motifs is 3. The van der Waals surface area contributed by atoms with E-state index in [1.807, 2.05) is 24.0 Å². The van der Waals surface area contributed by atoms with Crippen molar-refractivity contribution in [3.05, 3.63) is 47.1 Å². The smallest absolute Gasteiger partial charge is 0.404 e. The molecule has 2 aromatic rings. The number of hydrogen-bond donors (Lipinski definition) is 3. The predicted octanol–water partition coefficient (Wildman–Crippen LogP) is 4.75. The van der Waals surface area contributed by atoms with Gasteiger partial charge in [-0.3, -0.25) is 4.79 Å². The number of nitrogens with two attached hydrogens (primary N) is 1. The van der Waals surface area contributed by atoms with Crippen LogP contribution in [0.2, 0.25) is 5.02 Å². The van der Waals surface area contributed by atoms with Crippen LogP contribution >= 0.6 is 11.6 Å². The van der Waals surface area contributed by atoms with Gasteiger partial charge in [0.25, 0.3) is 0 Å². The first-order valence-electron chi connectivity index (χ1n) is 12.3. The minimum Gasteiger partial charge on any atom is -0.444 e. The summed E-state index contributed by atoms with van der Waals surface area (Å²) in [6.07, 6.45) is 6.73. The monoisotopic (exact) mass is 510 g/mol. The van der Waals surface area contributed by atoms with Gasteiger partial charge >= 0.3 is 6.09 Å². The number of aromatic nitrogens is 2. The molecule has 0 unspecified atom stereocenters. The average molecular weight is 511 g/mol. The molecule has 1 saturated carbocycles. The topological polar surface area (TPSA) is 122 Å². The van der Waals surface area contributed by atoms with Crippen molar-refractivity contribution in [3.63, 3.8) is 0 Å². The van der Waals surface area contributed by atoms with Crippen LogP contribution in [-0.2, 0) is 14.9 Å². The number of halogens is 1. The average Bonchev–Trinajstić information content (AvgIpc) is 3.40. The number of nitrogens with zero attached hydrogens (tertiary/aromatic N) is 3. The summed E-state index contributed by atoms with van der Waals surface area (Å²) in [4.78, 5) is 35.0. The van der Waals surface area contributed by atoms with Crippen molar-refractivity contribution in [1.29, 1.82) is 0 Å². The molecule has 1 aromatic heterocycles. The van der Waals surface area contributed by atoms with Gasteiger partial charge in [-0.2, -0.15) is 4.98 Å². The molecule has 4 atom stereocenters. The zero-order valence-corrected chi connectivity index (χ0v) is 21.4. The normalized spacial score (nSPS) is 25.9. The summed E-state index contributed by atoms with van der Waals surface area (Å²) >= 11 is 6.42. The summed E-state index contributed by atoms with van der Waals surface area (Å²) < 4.78 is 5.40. The highest BCUT2D eigenvalue weighted by Gasteiger charge is 2.47. The zero-order chi connectivity index (χ0) is 25.6.